The lowest BCUT2D eigenvalue weighted by atomic mass is 10.1. The molecule has 1 atom stereocenters. The number of anilines is 1. The van der Waals surface area contributed by atoms with Gasteiger partial charge in [0.1, 0.15) is 5.82 Å². The highest BCUT2D eigenvalue weighted by Gasteiger charge is 2.10. The first-order chi connectivity index (χ1) is 9.86. The van der Waals surface area contributed by atoms with E-state index in [1.54, 1.807) is 11.3 Å². The molecular weight excluding hydrogens is 266 g/mol. The summed E-state index contributed by atoms with van der Waals surface area (Å²) in [5, 5.41) is 6.74. The first-order valence-electron chi connectivity index (χ1n) is 6.69. The predicted octanol–water partition coefficient (Wildman–Crippen LogP) is 3.28. The minimum Gasteiger partial charge on any atom is -0.365 e. The van der Waals surface area contributed by atoms with Crippen LogP contribution < -0.4 is 11.1 Å². The van der Waals surface area contributed by atoms with Gasteiger partial charge in [0.15, 0.2) is 0 Å². The highest BCUT2D eigenvalue weighted by molar-refractivity contribution is 7.17. The average molecular weight is 283 g/mol. The van der Waals surface area contributed by atoms with Crippen molar-refractivity contribution < 1.29 is 0 Å². The maximum Gasteiger partial charge on any atom is 0.134 e. The van der Waals surface area contributed by atoms with E-state index in [1.807, 2.05) is 18.3 Å². The zero-order chi connectivity index (χ0) is 13.8. The molecule has 20 heavy (non-hydrogen) atoms. The first kappa shape index (κ1) is 13.1. The topological polar surface area (TPSA) is 50.9 Å². The van der Waals surface area contributed by atoms with Gasteiger partial charge in [-0.1, -0.05) is 30.3 Å². The summed E-state index contributed by atoms with van der Waals surface area (Å²) >= 11 is 1.73. The Kier molecular flexibility index (Phi) is 3.95. The van der Waals surface area contributed by atoms with E-state index >= 15 is 0 Å². The van der Waals surface area contributed by atoms with Crippen LogP contribution in [-0.2, 0) is 6.42 Å². The summed E-state index contributed by atoms with van der Waals surface area (Å²) in [4.78, 5) is 4.45. The van der Waals surface area contributed by atoms with Crippen LogP contribution in [0.3, 0.4) is 0 Å². The molecule has 3 rings (SSSR count). The highest BCUT2D eigenvalue weighted by atomic mass is 32.1. The van der Waals surface area contributed by atoms with Crippen LogP contribution in [0.1, 0.15) is 5.56 Å². The van der Waals surface area contributed by atoms with E-state index in [-0.39, 0.29) is 6.04 Å². The second-order valence-corrected chi connectivity index (χ2v) is 5.71. The van der Waals surface area contributed by atoms with Gasteiger partial charge in [0.25, 0.3) is 0 Å². The van der Waals surface area contributed by atoms with Crippen molar-refractivity contribution in [3.05, 3.63) is 59.6 Å². The smallest absolute Gasteiger partial charge is 0.134 e. The third-order valence-corrected chi connectivity index (χ3v) is 4.21. The number of nitrogens with two attached hydrogens (primary N) is 1. The molecule has 0 fully saturated rings. The van der Waals surface area contributed by atoms with Gasteiger partial charge in [-0.2, -0.15) is 0 Å². The Labute approximate surface area is 122 Å². The van der Waals surface area contributed by atoms with Crippen molar-refractivity contribution in [2.75, 3.05) is 11.9 Å². The van der Waals surface area contributed by atoms with Crippen molar-refractivity contribution in [2.24, 2.45) is 5.73 Å². The van der Waals surface area contributed by atoms with Crippen molar-refractivity contribution in [1.82, 2.24) is 4.98 Å². The number of nitrogens with one attached hydrogen (secondary N) is 1. The molecule has 0 saturated carbocycles. The van der Waals surface area contributed by atoms with Crippen LogP contribution in [0, 0.1) is 0 Å². The standard InChI is InChI=1S/C16H17N3S/c17-11-13(10-12-4-2-1-3-5-12)19-16-14-7-9-20-15(14)6-8-18-16/h1-9,13H,10-11,17H2,(H,18,19). The molecule has 0 aliphatic heterocycles. The summed E-state index contributed by atoms with van der Waals surface area (Å²) in [5.41, 5.74) is 7.19. The molecular formula is C16H17N3S. The van der Waals surface area contributed by atoms with Gasteiger partial charge < -0.3 is 11.1 Å². The van der Waals surface area contributed by atoms with Crippen LogP contribution in [0.15, 0.2) is 54.0 Å². The van der Waals surface area contributed by atoms with Gasteiger partial charge in [0.05, 0.1) is 0 Å². The molecule has 3 nitrogen and oxygen atoms in total. The van der Waals surface area contributed by atoms with E-state index < -0.39 is 0 Å². The molecule has 3 N–H and O–H groups in total. The minimum atomic E-state index is 0.190. The molecule has 0 bridgehead atoms. The number of hydrogen-bond donors (Lipinski definition) is 2. The van der Waals surface area contributed by atoms with Gasteiger partial charge in [-0.15, -0.1) is 11.3 Å². The fourth-order valence-electron chi connectivity index (χ4n) is 2.29. The lowest BCUT2D eigenvalue weighted by molar-refractivity contribution is 0.721. The molecule has 3 aromatic rings. The summed E-state index contributed by atoms with van der Waals surface area (Å²) in [6.07, 6.45) is 2.75. The lowest BCUT2D eigenvalue weighted by Gasteiger charge is -2.18. The van der Waals surface area contributed by atoms with Gasteiger partial charge in [-0.3, -0.25) is 0 Å². The van der Waals surface area contributed by atoms with E-state index in [0.29, 0.717) is 6.54 Å². The monoisotopic (exact) mass is 283 g/mol. The van der Waals surface area contributed by atoms with Gasteiger partial charge in [0.2, 0.25) is 0 Å². The highest BCUT2D eigenvalue weighted by Crippen LogP contribution is 2.26. The van der Waals surface area contributed by atoms with Crippen molar-refractivity contribution in [1.29, 1.82) is 0 Å². The van der Waals surface area contributed by atoms with Crippen LogP contribution in [0.2, 0.25) is 0 Å². The number of nitrogens with zero attached hydrogens (tertiary/aromatic N) is 1. The van der Waals surface area contributed by atoms with E-state index in [4.69, 9.17) is 5.73 Å². The zero-order valence-electron chi connectivity index (χ0n) is 11.1. The van der Waals surface area contributed by atoms with Crippen LogP contribution >= 0.6 is 11.3 Å². The first-order valence-corrected chi connectivity index (χ1v) is 7.57. The summed E-state index contributed by atoms with van der Waals surface area (Å²) in [6.45, 7) is 0.580. The van der Waals surface area contributed by atoms with Gasteiger partial charge in [-0.25, -0.2) is 4.98 Å². The van der Waals surface area contributed by atoms with Crippen LogP contribution in [0.5, 0.6) is 0 Å². The predicted molar refractivity (Wildman–Crippen MR) is 86.2 cm³/mol. The Bertz CT molecular complexity index is 678. The molecule has 102 valence electrons. The Hall–Kier alpha value is -1.91. The molecule has 0 aliphatic rings. The number of fused-ring (bicyclic) bond motifs is 1. The van der Waals surface area contributed by atoms with Gasteiger partial charge >= 0.3 is 0 Å². The number of aromatic nitrogens is 1. The van der Waals surface area contributed by atoms with Crippen molar-refractivity contribution in [3.63, 3.8) is 0 Å². The van der Waals surface area contributed by atoms with E-state index in [2.05, 4.69) is 46.0 Å². The maximum absolute atomic E-state index is 5.90. The van der Waals surface area contributed by atoms with Gasteiger partial charge in [-0.05, 0) is 29.5 Å². The van der Waals surface area contributed by atoms with Gasteiger partial charge in [0, 0.05) is 28.9 Å². The average Bonchev–Trinajstić information content (AvgIpc) is 2.97. The molecule has 0 saturated heterocycles. The Morgan fingerprint density at radius 2 is 2.00 bits per heavy atom. The molecule has 1 aromatic carbocycles. The Morgan fingerprint density at radius 3 is 2.80 bits per heavy atom. The number of pyridine rings is 1. The summed E-state index contributed by atoms with van der Waals surface area (Å²) < 4.78 is 1.25. The molecule has 0 amide bonds. The fourth-order valence-corrected chi connectivity index (χ4v) is 3.08. The normalized spacial score (nSPS) is 12.4. The molecule has 4 heteroatoms. The number of benzene rings is 1. The van der Waals surface area contributed by atoms with Crippen LogP contribution in [-0.4, -0.2) is 17.6 Å². The molecule has 1 unspecified atom stereocenters. The number of hydrogen-bond acceptors (Lipinski definition) is 4. The lowest BCUT2D eigenvalue weighted by Crippen LogP contribution is -2.31. The van der Waals surface area contributed by atoms with Crippen molar-refractivity contribution in [2.45, 2.75) is 12.5 Å². The van der Waals surface area contributed by atoms with Crippen molar-refractivity contribution >= 4 is 27.2 Å². The SMILES string of the molecule is NCC(Cc1ccccc1)Nc1nccc2sccc12. The summed E-state index contributed by atoms with van der Waals surface area (Å²) in [6, 6.07) is 14.7. The second-order valence-electron chi connectivity index (χ2n) is 4.76. The number of rotatable bonds is 5. The third kappa shape index (κ3) is 2.81. The quantitative estimate of drug-likeness (QED) is 0.755. The number of thiophene rings is 1. The molecule has 0 aliphatic carbocycles. The Morgan fingerprint density at radius 1 is 1.15 bits per heavy atom. The van der Waals surface area contributed by atoms with E-state index in [0.717, 1.165) is 12.2 Å². The maximum atomic E-state index is 5.90. The molecule has 0 spiro atoms. The van der Waals surface area contributed by atoms with E-state index in [1.165, 1.54) is 15.6 Å². The van der Waals surface area contributed by atoms with E-state index in [9.17, 15) is 0 Å². The Balaban J connectivity index is 1.79. The second kappa shape index (κ2) is 6.03. The molecule has 2 aromatic heterocycles. The third-order valence-electron chi connectivity index (χ3n) is 3.33. The zero-order valence-corrected chi connectivity index (χ0v) is 11.9. The molecule has 2 heterocycles. The summed E-state index contributed by atoms with van der Waals surface area (Å²) in [5.74, 6) is 0.926. The van der Waals surface area contributed by atoms with Crippen LogP contribution in [0.4, 0.5) is 5.82 Å². The largest absolute Gasteiger partial charge is 0.365 e. The van der Waals surface area contributed by atoms with Crippen molar-refractivity contribution in [3.8, 4) is 0 Å². The fraction of sp³-hybridized carbons (Fsp3) is 0.188. The van der Waals surface area contributed by atoms with Crippen LogP contribution in [0.25, 0.3) is 10.1 Å². The molecule has 0 radical (unpaired) electrons. The summed E-state index contributed by atoms with van der Waals surface area (Å²) in [7, 11) is 0. The minimum absolute atomic E-state index is 0.190.